The standard InChI is InChI=1S/C23H27N3O4/c27-21(25-13-5-6-14-25)17-26-15-4-1-7-16-29-19-10-2-3-11-20(19)30-22-18(23(26)28)9-8-12-24-22/h2-3,8-12H,1,4-7,13-17H2. The molecule has 0 radical (unpaired) electrons. The molecule has 1 aromatic heterocycles. The predicted molar refractivity (Wildman–Crippen MR) is 112 cm³/mol. The number of amides is 2. The molecule has 2 aromatic rings. The van der Waals surface area contributed by atoms with Gasteiger partial charge in [-0.25, -0.2) is 4.98 Å². The van der Waals surface area contributed by atoms with Gasteiger partial charge in [-0.3, -0.25) is 9.59 Å². The van der Waals surface area contributed by atoms with Crippen LogP contribution in [0.2, 0.25) is 0 Å². The first-order valence-corrected chi connectivity index (χ1v) is 10.6. The fraction of sp³-hybridized carbons (Fsp3) is 0.435. The maximum Gasteiger partial charge on any atom is 0.259 e. The number of fused-ring (bicyclic) bond motifs is 2. The number of carbonyl (C=O) groups is 2. The normalized spacial score (nSPS) is 17.5. The highest BCUT2D eigenvalue weighted by Crippen LogP contribution is 2.32. The van der Waals surface area contributed by atoms with Crippen LogP contribution in [0.1, 0.15) is 42.5 Å². The molecule has 1 aromatic carbocycles. The molecule has 30 heavy (non-hydrogen) atoms. The molecule has 2 aliphatic heterocycles. The van der Waals surface area contributed by atoms with Crippen LogP contribution in [0.15, 0.2) is 42.6 Å². The summed E-state index contributed by atoms with van der Waals surface area (Å²) in [6.07, 6.45) is 6.22. The van der Waals surface area contributed by atoms with E-state index in [0.717, 1.165) is 45.2 Å². The average Bonchev–Trinajstić information content (AvgIpc) is 3.31. The topological polar surface area (TPSA) is 72.0 Å². The van der Waals surface area contributed by atoms with Crippen molar-refractivity contribution in [2.75, 3.05) is 32.8 Å². The molecule has 7 heteroatoms. The van der Waals surface area contributed by atoms with Gasteiger partial charge in [-0.05, 0) is 56.4 Å². The van der Waals surface area contributed by atoms with Crippen molar-refractivity contribution in [2.24, 2.45) is 0 Å². The summed E-state index contributed by atoms with van der Waals surface area (Å²) in [5, 5.41) is 0. The van der Waals surface area contributed by atoms with Crippen molar-refractivity contribution in [2.45, 2.75) is 32.1 Å². The van der Waals surface area contributed by atoms with Gasteiger partial charge in [0.05, 0.1) is 6.61 Å². The van der Waals surface area contributed by atoms with Crippen LogP contribution in [0.3, 0.4) is 0 Å². The summed E-state index contributed by atoms with van der Waals surface area (Å²) in [5.74, 6) is 1.14. The van der Waals surface area contributed by atoms with E-state index in [1.54, 1.807) is 29.3 Å². The van der Waals surface area contributed by atoms with E-state index in [4.69, 9.17) is 9.47 Å². The number of ether oxygens (including phenoxy) is 2. The number of pyridine rings is 1. The maximum atomic E-state index is 13.4. The molecule has 4 rings (SSSR count). The third-order valence-electron chi connectivity index (χ3n) is 5.46. The molecule has 158 valence electrons. The number of benzene rings is 1. The van der Waals surface area contributed by atoms with E-state index in [1.807, 2.05) is 23.1 Å². The highest BCUT2D eigenvalue weighted by Gasteiger charge is 2.26. The average molecular weight is 409 g/mol. The third-order valence-corrected chi connectivity index (χ3v) is 5.46. The minimum absolute atomic E-state index is 0.00482. The summed E-state index contributed by atoms with van der Waals surface area (Å²) in [7, 11) is 0. The Balaban J connectivity index is 1.62. The Kier molecular flexibility index (Phi) is 6.47. The Morgan fingerprint density at radius 1 is 0.933 bits per heavy atom. The molecule has 0 aliphatic carbocycles. The van der Waals surface area contributed by atoms with Gasteiger partial charge in [0.1, 0.15) is 12.1 Å². The fourth-order valence-electron chi connectivity index (χ4n) is 3.81. The van der Waals surface area contributed by atoms with Gasteiger partial charge in [-0.2, -0.15) is 0 Å². The lowest BCUT2D eigenvalue weighted by molar-refractivity contribution is -0.130. The number of carbonyl (C=O) groups excluding carboxylic acids is 2. The van der Waals surface area contributed by atoms with Crippen LogP contribution in [-0.2, 0) is 4.79 Å². The molecule has 1 saturated heterocycles. The smallest absolute Gasteiger partial charge is 0.259 e. The van der Waals surface area contributed by atoms with Crippen molar-refractivity contribution in [3.63, 3.8) is 0 Å². The van der Waals surface area contributed by atoms with Crippen LogP contribution in [0.5, 0.6) is 17.4 Å². The quantitative estimate of drug-likeness (QED) is 0.759. The Labute approximate surface area is 176 Å². The van der Waals surface area contributed by atoms with Crippen molar-refractivity contribution in [3.05, 3.63) is 48.2 Å². The first kappa shape index (κ1) is 20.2. The van der Waals surface area contributed by atoms with Crippen molar-refractivity contribution >= 4 is 11.8 Å². The molecule has 0 N–H and O–H groups in total. The predicted octanol–water partition coefficient (Wildman–Crippen LogP) is 3.50. The summed E-state index contributed by atoms with van der Waals surface area (Å²) in [5.41, 5.74) is 0.348. The molecule has 1 fully saturated rings. The fourth-order valence-corrected chi connectivity index (χ4v) is 3.81. The zero-order chi connectivity index (χ0) is 20.8. The molecule has 2 aliphatic rings. The zero-order valence-corrected chi connectivity index (χ0v) is 17.1. The van der Waals surface area contributed by atoms with Crippen LogP contribution >= 0.6 is 0 Å². The van der Waals surface area contributed by atoms with Crippen LogP contribution < -0.4 is 9.47 Å². The van der Waals surface area contributed by atoms with E-state index in [-0.39, 0.29) is 24.2 Å². The van der Waals surface area contributed by atoms with Gasteiger partial charge >= 0.3 is 0 Å². The SMILES string of the molecule is O=C(CN1CCCCCOc2ccccc2Oc2ncccc2C1=O)N1CCCC1. The Bertz CT molecular complexity index is 896. The second kappa shape index (κ2) is 9.61. The van der Waals surface area contributed by atoms with E-state index in [2.05, 4.69) is 4.98 Å². The first-order valence-electron chi connectivity index (χ1n) is 10.6. The van der Waals surface area contributed by atoms with Gasteiger partial charge < -0.3 is 19.3 Å². The summed E-state index contributed by atoms with van der Waals surface area (Å²) in [6.45, 7) is 2.71. The van der Waals surface area contributed by atoms with Crippen molar-refractivity contribution in [1.82, 2.24) is 14.8 Å². The number of para-hydroxylation sites is 2. The van der Waals surface area contributed by atoms with E-state index >= 15 is 0 Å². The highest BCUT2D eigenvalue weighted by atomic mass is 16.5. The number of aromatic nitrogens is 1. The summed E-state index contributed by atoms with van der Waals surface area (Å²) < 4.78 is 11.9. The molecule has 0 bridgehead atoms. The Hall–Kier alpha value is -3.09. The lowest BCUT2D eigenvalue weighted by Gasteiger charge is -2.25. The number of hydrogen-bond acceptors (Lipinski definition) is 5. The summed E-state index contributed by atoms with van der Waals surface area (Å²) in [4.78, 5) is 33.9. The maximum absolute atomic E-state index is 13.4. The molecule has 7 nitrogen and oxygen atoms in total. The number of nitrogens with zero attached hydrogens (tertiary/aromatic N) is 3. The van der Waals surface area contributed by atoms with Crippen molar-refractivity contribution in [3.8, 4) is 17.4 Å². The minimum atomic E-state index is -0.233. The molecule has 2 amide bonds. The minimum Gasteiger partial charge on any atom is -0.490 e. The molecule has 0 spiro atoms. The molecule has 3 heterocycles. The second-order valence-electron chi connectivity index (χ2n) is 7.63. The van der Waals surface area contributed by atoms with Gasteiger partial charge in [-0.15, -0.1) is 0 Å². The lowest BCUT2D eigenvalue weighted by Crippen LogP contribution is -2.42. The largest absolute Gasteiger partial charge is 0.490 e. The van der Waals surface area contributed by atoms with Gasteiger partial charge in [-0.1, -0.05) is 12.1 Å². The van der Waals surface area contributed by atoms with Gasteiger partial charge in [0.25, 0.3) is 5.91 Å². The lowest BCUT2D eigenvalue weighted by atomic mass is 10.2. The first-order chi connectivity index (χ1) is 14.7. The molecule has 0 saturated carbocycles. The van der Waals surface area contributed by atoms with Gasteiger partial charge in [0, 0.05) is 25.8 Å². The highest BCUT2D eigenvalue weighted by molar-refractivity contribution is 5.98. The van der Waals surface area contributed by atoms with E-state index in [0.29, 0.717) is 30.2 Å². The number of likely N-dealkylation sites (tertiary alicyclic amines) is 1. The van der Waals surface area contributed by atoms with Gasteiger partial charge in [0.2, 0.25) is 11.8 Å². The van der Waals surface area contributed by atoms with E-state index < -0.39 is 0 Å². The zero-order valence-electron chi connectivity index (χ0n) is 17.1. The Morgan fingerprint density at radius 2 is 1.70 bits per heavy atom. The van der Waals surface area contributed by atoms with E-state index in [9.17, 15) is 9.59 Å². The number of rotatable bonds is 2. The summed E-state index contributed by atoms with van der Waals surface area (Å²) in [6, 6.07) is 10.8. The third kappa shape index (κ3) is 4.72. The summed E-state index contributed by atoms with van der Waals surface area (Å²) >= 11 is 0. The second-order valence-corrected chi connectivity index (χ2v) is 7.63. The van der Waals surface area contributed by atoms with Crippen molar-refractivity contribution < 1.29 is 19.1 Å². The van der Waals surface area contributed by atoms with Crippen LogP contribution in [-0.4, -0.2) is 59.4 Å². The monoisotopic (exact) mass is 409 g/mol. The van der Waals surface area contributed by atoms with E-state index in [1.165, 1.54) is 0 Å². The Morgan fingerprint density at radius 3 is 2.53 bits per heavy atom. The molecule has 0 atom stereocenters. The molecule has 0 unspecified atom stereocenters. The molecular formula is C23H27N3O4. The van der Waals surface area contributed by atoms with Crippen molar-refractivity contribution in [1.29, 1.82) is 0 Å². The van der Waals surface area contributed by atoms with Gasteiger partial charge in [0.15, 0.2) is 11.5 Å². The van der Waals surface area contributed by atoms with Crippen LogP contribution in [0.4, 0.5) is 0 Å². The van der Waals surface area contributed by atoms with Crippen LogP contribution in [0, 0.1) is 0 Å². The number of hydrogen-bond donors (Lipinski definition) is 0. The van der Waals surface area contributed by atoms with Crippen LogP contribution in [0.25, 0.3) is 0 Å². The molecular weight excluding hydrogens is 382 g/mol.